The van der Waals surface area contributed by atoms with Crippen LogP contribution < -0.4 is 10.6 Å². The molecule has 1 aromatic rings. The molecule has 1 fully saturated rings. The van der Waals surface area contributed by atoms with E-state index in [9.17, 15) is 4.79 Å². The summed E-state index contributed by atoms with van der Waals surface area (Å²) in [5, 5.41) is 6.55. The average molecular weight is 288 g/mol. The Labute approximate surface area is 128 Å². The number of amides is 1. The molecule has 3 heteroatoms. The van der Waals surface area contributed by atoms with E-state index in [1.807, 2.05) is 0 Å². The third-order valence-corrected chi connectivity index (χ3v) is 4.34. The van der Waals surface area contributed by atoms with E-state index in [1.54, 1.807) is 0 Å². The van der Waals surface area contributed by atoms with Gasteiger partial charge >= 0.3 is 0 Å². The van der Waals surface area contributed by atoms with Gasteiger partial charge in [0, 0.05) is 6.04 Å². The predicted molar refractivity (Wildman–Crippen MR) is 87.3 cm³/mol. The molecule has 1 saturated heterocycles. The van der Waals surface area contributed by atoms with Crippen molar-refractivity contribution < 1.29 is 4.79 Å². The third-order valence-electron chi connectivity index (χ3n) is 4.34. The summed E-state index contributed by atoms with van der Waals surface area (Å²) in [6, 6.07) is 8.83. The molecule has 1 heterocycles. The molecule has 3 nitrogen and oxygen atoms in total. The van der Waals surface area contributed by atoms with Crippen LogP contribution in [-0.4, -0.2) is 25.0 Å². The fraction of sp³-hybridized carbons (Fsp3) is 0.611. The van der Waals surface area contributed by atoms with E-state index in [4.69, 9.17) is 0 Å². The van der Waals surface area contributed by atoms with Gasteiger partial charge in [0.1, 0.15) is 0 Å². The van der Waals surface area contributed by atoms with Crippen LogP contribution >= 0.6 is 0 Å². The topological polar surface area (TPSA) is 41.1 Å². The Hall–Kier alpha value is -1.35. The summed E-state index contributed by atoms with van der Waals surface area (Å²) in [5.41, 5.74) is 2.47. The molecule has 0 spiro atoms. The van der Waals surface area contributed by atoms with Crippen molar-refractivity contribution in [2.75, 3.05) is 13.1 Å². The monoisotopic (exact) mass is 288 g/mol. The van der Waals surface area contributed by atoms with E-state index in [0.29, 0.717) is 18.4 Å². The molecule has 0 aliphatic carbocycles. The lowest BCUT2D eigenvalue weighted by Crippen LogP contribution is -2.48. The first-order valence-corrected chi connectivity index (χ1v) is 8.27. The number of unbranched alkanes of at least 4 members (excludes halogenated alkanes) is 1. The van der Waals surface area contributed by atoms with E-state index < -0.39 is 0 Å². The Kier molecular flexibility index (Phi) is 6.24. The number of nitrogens with one attached hydrogen (secondary N) is 2. The molecular weight excluding hydrogens is 260 g/mol. The van der Waals surface area contributed by atoms with Crippen LogP contribution in [0.2, 0.25) is 0 Å². The average Bonchev–Trinajstić information content (AvgIpc) is 2.49. The van der Waals surface area contributed by atoms with Crippen LogP contribution in [0.3, 0.4) is 0 Å². The minimum absolute atomic E-state index is 0.148. The zero-order chi connectivity index (χ0) is 15.1. The number of aryl methyl sites for hydroxylation is 1. The van der Waals surface area contributed by atoms with Gasteiger partial charge in [0.15, 0.2) is 0 Å². The summed E-state index contributed by atoms with van der Waals surface area (Å²) in [5.74, 6) is 0.661. The minimum atomic E-state index is 0.148. The van der Waals surface area contributed by atoms with E-state index in [-0.39, 0.29) is 5.91 Å². The van der Waals surface area contributed by atoms with E-state index >= 15 is 0 Å². The highest BCUT2D eigenvalue weighted by Crippen LogP contribution is 2.12. The van der Waals surface area contributed by atoms with Crippen molar-refractivity contribution in [3.8, 4) is 0 Å². The van der Waals surface area contributed by atoms with Crippen molar-refractivity contribution in [2.24, 2.45) is 5.92 Å². The Bertz CT molecular complexity index is 441. The van der Waals surface area contributed by atoms with Crippen molar-refractivity contribution >= 4 is 5.91 Å². The second kappa shape index (κ2) is 8.18. The van der Waals surface area contributed by atoms with Gasteiger partial charge in [0.2, 0.25) is 5.91 Å². The standard InChI is InChI=1S/C18H28N2O/c1-3-4-5-15-6-8-16(9-7-15)12-18(21)20-17-10-11-19-13-14(17)2/h6-9,14,17,19H,3-5,10-13H2,1-2H3,(H,20,21). The highest BCUT2D eigenvalue weighted by molar-refractivity contribution is 5.78. The number of carbonyl (C=O) groups excluding carboxylic acids is 1. The lowest BCUT2D eigenvalue weighted by molar-refractivity contribution is -0.121. The summed E-state index contributed by atoms with van der Waals surface area (Å²) >= 11 is 0. The van der Waals surface area contributed by atoms with Crippen LogP contribution in [0, 0.1) is 5.92 Å². The van der Waals surface area contributed by atoms with Crippen molar-refractivity contribution in [2.45, 2.75) is 52.0 Å². The lowest BCUT2D eigenvalue weighted by Gasteiger charge is -2.30. The molecule has 116 valence electrons. The number of hydrogen-bond donors (Lipinski definition) is 2. The molecule has 0 aromatic heterocycles. The summed E-state index contributed by atoms with van der Waals surface area (Å²) in [6.07, 6.45) is 5.11. The molecule has 2 N–H and O–H groups in total. The normalized spacial score (nSPS) is 22.0. The molecule has 2 rings (SSSR count). The maximum atomic E-state index is 12.2. The van der Waals surface area contributed by atoms with E-state index in [2.05, 4.69) is 48.7 Å². The maximum absolute atomic E-state index is 12.2. The third kappa shape index (κ3) is 5.16. The number of carbonyl (C=O) groups is 1. The molecule has 0 radical (unpaired) electrons. The van der Waals surface area contributed by atoms with Gasteiger partial charge in [-0.25, -0.2) is 0 Å². The second-order valence-electron chi connectivity index (χ2n) is 6.24. The van der Waals surface area contributed by atoms with Crippen LogP contribution in [0.5, 0.6) is 0 Å². The summed E-state index contributed by atoms with van der Waals surface area (Å²) in [6.45, 7) is 6.40. The number of hydrogen-bond acceptors (Lipinski definition) is 2. The van der Waals surface area contributed by atoms with Crippen molar-refractivity contribution in [3.63, 3.8) is 0 Å². The fourth-order valence-corrected chi connectivity index (χ4v) is 2.88. The van der Waals surface area contributed by atoms with Gasteiger partial charge in [-0.2, -0.15) is 0 Å². The second-order valence-corrected chi connectivity index (χ2v) is 6.24. The van der Waals surface area contributed by atoms with E-state index in [1.165, 1.54) is 18.4 Å². The van der Waals surface area contributed by atoms with Crippen molar-refractivity contribution in [1.29, 1.82) is 0 Å². The zero-order valence-corrected chi connectivity index (χ0v) is 13.3. The Balaban J connectivity index is 1.81. The first-order chi connectivity index (χ1) is 10.2. The molecule has 0 saturated carbocycles. The lowest BCUT2D eigenvalue weighted by atomic mass is 9.95. The molecular formula is C18H28N2O. The Morgan fingerprint density at radius 1 is 1.29 bits per heavy atom. The highest BCUT2D eigenvalue weighted by atomic mass is 16.1. The molecule has 2 unspecified atom stereocenters. The van der Waals surface area contributed by atoms with Crippen molar-refractivity contribution in [1.82, 2.24) is 10.6 Å². The summed E-state index contributed by atoms with van der Waals surface area (Å²) < 4.78 is 0. The molecule has 1 amide bonds. The van der Waals surface area contributed by atoms with Crippen LogP contribution in [0.15, 0.2) is 24.3 Å². The molecule has 1 aliphatic heterocycles. The number of piperidine rings is 1. The maximum Gasteiger partial charge on any atom is 0.224 e. The van der Waals surface area contributed by atoms with Gasteiger partial charge in [0.05, 0.1) is 6.42 Å². The molecule has 21 heavy (non-hydrogen) atoms. The molecule has 0 bridgehead atoms. The van der Waals surface area contributed by atoms with Crippen LogP contribution in [-0.2, 0) is 17.6 Å². The van der Waals surface area contributed by atoms with Crippen LogP contribution in [0.1, 0.15) is 44.2 Å². The van der Waals surface area contributed by atoms with E-state index in [0.717, 1.165) is 31.5 Å². The van der Waals surface area contributed by atoms with Crippen LogP contribution in [0.25, 0.3) is 0 Å². The van der Waals surface area contributed by atoms with Gasteiger partial charge in [-0.05, 0) is 49.4 Å². The largest absolute Gasteiger partial charge is 0.353 e. The first-order valence-electron chi connectivity index (χ1n) is 8.27. The number of rotatable bonds is 6. The SMILES string of the molecule is CCCCc1ccc(CC(=O)NC2CCNCC2C)cc1. The molecule has 1 aromatic carbocycles. The fourth-order valence-electron chi connectivity index (χ4n) is 2.88. The molecule has 2 atom stereocenters. The minimum Gasteiger partial charge on any atom is -0.353 e. The summed E-state index contributed by atoms with van der Waals surface area (Å²) in [7, 11) is 0. The van der Waals surface area contributed by atoms with Crippen molar-refractivity contribution in [3.05, 3.63) is 35.4 Å². The van der Waals surface area contributed by atoms with Crippen LogP contribution in [0.4, 0.5) is 0 Å². The Morgan fingerprint density at radius 3 is 2.67 bits per heavy atom. The Morgan fingerprint density at radius 2 is 2.00 bits per heavy atom. The van der Waals surface area contributed by atoms with Gasteiger partial charge < -0.3 is 10.6 Å². The first kappa shape index (κ1) is 16.0. The highest BCUT2D eigenvalue weighted by Gasteiger charge is 2.22. The smallest absolute Gasteiger partial charge is 0.224 e. The molecule has 1 aliphatic rings. The quantitative estimate of drug-likeness (QED) is 0.845. The van der Waals surface area contributed by atoms with Gasteiger partial charge in [0.25, 0.3) is 0 Å². The summed E-state index contributed by atoms with van der Waals surface area (Å²) in [4.78, 5) is 12.2. The number of benzene rings is 1. The van der Waals surface area contributed by atoms with Gasteiger partial charge in [-0.1, -0.05) is 44.5 Å². The zero-order valence-electron chi connectivity index (χ0n) is 13.3. The van der Waals surface area contributed by atoms with Gasteiger partial charge in [-0.15, -0.1) is 0 Å². The van der Waals surface area contributed by atoms with Gasteiger partial charge in [-0.3, -0.25) is 4.79 Å². The predicted octanol–water partition coefficient (Wildman–Crippen LogP) is 2.69.